The molecule has 1 amide bonds. The van der Waals surface area contributed by atoms with Gasteiger partial charge in [-0.2, -0.15) is 0 Å². The monoisotopic (exact) mass is 348 g/mol. The van der Waals surface area contributed by atoms with Crippen LogP contribution in [0.1, 0.15) is 18.5 Å². The molecule has 2 aromatic rings. The zero-order valence-corrected chi connectivity index (χ0v) is 14.1. The second kappa shape index (κ2) is 7.92. The smallest absolute Gasteiger partial charge is 0.269 e. The third-order valence-corrected chi connectivity index (χ3v) is 4.73. The molecule has 0 aliphatic carbocycles. The van der Waals surface area contributed by atoms with Crippen LogP contribution >= 0.6 is 11.8 Å². The molecule has 0 aliphatic heterocycles. The van der Waals surface area contributed by atoms with E-state index in [4.69, 9.17) is 0 Å². The van der Waals surface area contributed by atoms with Crippen molar-refractivity contribution in [3.8, 4) is 0 Å². The fourth-order valence-electron chi connectivity index (χ4n) is 2.09. The Labute approximate surface area is 143 Å². The molecule has 0 saturated carbocycles. The number of hydrogen-bond acceptors (Lipinski definition) is 4. The third-order valence-electron chi connectivity index (χ3n) is 3.74. The van der Waals surface area contributed by atoms with Crippen LogP contribution in [0.5, 0.6) is 0 Å². The molecule has 0 bridgehead atoms. The lowest BCUT2D eigenvalue weighted by atomic mass is 10.1. The highest BCUT2D eigenvalue weighted by atomic mass is 32.2. The normalized spacial score (nSPS) is 11.8. The van der Waals surface area contributed by atoms with Gasteiger partial charge in [-0.3, -0.25) is 14.9 Å². The van der Waals surface area contributed by atoms with Gasteiger partial charge in [-0.1, -0.05) is 12.1 Å². The number of nitro benzene ring substituents is 1. The van der Waals surface area contributed by atoms with Gasteiger partial charge >= 0.3 is 0 Å². The van der Waals surface area contributed by atoms with E-state index >= 15 is 0 Å². The number of non-ortho nitro benzene ring substituents is 1. The van der Waals surface area contributed by atoms with Crippen LogP contribution in [0, 0.1) is 15.9 Å². The Kier molecular flexibility index (Phi) is 5.92. The maximum absolute atomic E-state index is 13.0. The van der Waals surface area contributed by atoms with Crippen molar-refractivity contribution in [1.29, 1.82) is 0 Å². The van der Waals surface area contributed by atoms with Gasteiger partial charge in [0.05, 0.1) is 16.7 Å². The molecule has 1 atom stereocenters. The summed E-state index contributed by atoms with van der Waals surface area (Å²) in [4.78, 5) is 24.8. The average molecular weight is 348 g/mol. The van der Waals surface area contributed by atoms with Gasteiger partial charge in [-0.05, 0) is 36.8 Å². The van der Waals surface area contributed by atoms with Gasteiger partial charge in [0.1, 0.15) is 5.82 Å². The first-order valence-electron chi connectivity index (χ1n) is 7.27. The van der Waals surface area contributed by atoms with Crippen molar-refractivity contribution in [2.45, 2.75) is 17.9 Å². The van der Waals surface area contributed by atoms with E-state index < -0.39 is 4.92 Å². The van der Waals surface area contributed by atoms with E-state index in [9.17, 15) is 19.3 Å². The van der Waals surface area contributed by atoms with Gasteiger partial charge < -0.3 is 4.90 Å². The van der Waals surface area contributed by atoms with E-state index in [1.54, 1.807) is 36.2 Å². The first-order valence-corrected chi connectivity index (χ1v) is 8.25. The zero-order chi connectivity index (χ0) is 17.7. The summed E-state index contributed by atoms with van der Waals surface area (Å²) in [5.41, 5.74) is 0.875. The quantitative estimate of drug-likeness (QED) is 0.449. The van der Waals surface area contributed by atoms with E-state index in [1.165, 1.54) is 36.0 Å². The number of amides is 1. The Morgan fingerprint density at radius 2 is 1.79 bits per heavy atom. The summed E-state index contributed by atoms with van der Waals surface area (Å²) < 4.78 is 13.0. The van der Waals surface area contributed by atoms with E-state index in [1.807, 2.05) is 6.92 Å². The van der Waals surface area contributed by atoms with Crippen molar-refractivity contribution >= 4 is 23.4 Å². The minimum absolute atomic E-state index is 0.0210. The Morgan fingerprint density at radius 1 is 1.21 bits per heavy atom. The molecule has 0 radical (unpaired) electrons. The Hall–Kier alpha value is -2.41. The van der Waals surface area contributed by atoms with Crippen molar-refractivity contribution in [3.63, 3.8) is 0 Å². The SMILES string of the molecule is CC(c1ccc(F)cc1)N(C)C(=O)CSc1ccc([N+](=O)[O-])cc1. The average Bonchev–Trinajstić information content (AvgIpc) is 2.59. The molecule has 2 rings (SSSR count). The lowest BCUT2D eigenvalue weighted by Crippen LogP contribution is -2.31. The van der Waals surface area contributed by atoms with Gasteiger partial charge in [-0.25, -0.2) is 4.39 Å². The minimum atomic E-state index is -0.461. The van der Waals surface area contributed by atoms with Crippen molar-refractivity contribution in [3.05, 3.63) is 70.0 Å². The molecule has 0 N–H and O–H groups in total. The number of halogens is 1. The van der Waals surface area contributed by atoms with Crippen LogP contribution in [0.4, 0.5) is 10.1 Å². The first-order chi connectivity index (χ1) is 11.4. The van der Waals surface area contributed by atoms with Crippen molar-refractivity contribution in [2.24, 2.45) is 0 Å². The molecule has 1 unspecified atom stereocenters. The molecule has 126 valence electrons. The molecular formula is C17H17FN2O3S. The van der Waals surface area contributed by atoms with Crippen LogP contribution in [0.3, 0.4) is 0 Å². The number of thioether (sulfide) groups is 1. The van der Waals surface area contributed by atoms with Gasteiger partial charge in [0.25, 0.3) is 5.69 Å². The standard InChI is InChI=1S/C17H17FN2O3S/c1-12(13-3-5-14(18)6-4-13)19(2)17(21)11-24-16-9-7-15(8-10-16)20(22)23/h3-10,12H,11H2,1-2H3. The summed E-state index contributed by atoms with van der Waals surface area (Å²) in [6.45, 7) is 1.88. The lowest BCUT2D eigenvalue weighted by Gasteiger charge is -2.25. The second-order valence-corrected chi connectivity index (χ2v) is 6.32. The van der Waals surface area contributed by atoms with Crippen LogP contribution in [0.15, 0.2) is 53.4 Å². The summed E-state index contributed by atoms with van der Waals surface area (Å²) in [5, 5.41) is 10.6. The van der Waals surface area contributed by atoms with Gasteiger partial charge in [0.15, 0.2) is 0 Å². The molecule has 0 aliphatic rings. The Bertz CT molecular complexity index is 720. The molecule has 0 saturated heterocycles. The van der Waals surface area contributed by atoms with Gasteiger partial charge in [-0.15, -0.1) is 11.8 Å². The topological polar surface area (TPSA) is 63.5 Å². The Balaban J connectivity index is 1.93. The maximum atomic E-state index is 13.0. The van der Waals surface area contributed by atoms with E-state index in [-0.39, 0.29) is 29.2 Å². The predicted octanol–water partition coefficient (Wildman–Crippen LogP) is 4.05. The predicted molar refractivity (Wildman–Crippen MR) is 91.4 cm³/mol. The third kappa shape index (κ3) is 4.55. The highest BCUT2D eigenvalue weighted by Crippen LogP contribution is 2.24. The molecular weight excluding hydrogens is 331 g/mol. The largest absolute Gasteiger partial charge is 0.338 e. The number of carbonyl (C=O) groups is 1. The van der Waals surface area contributed by atoms with Crippen molar-refractivity contribution < 1.29 is 14.1 Å². The maximum Gasteiger partial charge on any atom is 0.269 e. The van der Waals surface area contributed by atoms with Crippen LogP contribution in [-0.4, -0.2) is 28.5 Å². The summed E-state index contributed by atoms with van der Waals surface area (Å²) in [6.07, 6.45) is 0. The zero-order valence-electron chi connectivity index (χ0n) is 13.3. The highest BCUT2D eigenvalue weighted by molar-refractivity contribution is 8.00. The van der Waals surface area contributed by atoms with E-state index in [2.05, 4.69) is 0 Å². The van der Waals surface area contributed by atoms with Crippen LogP contribution in [0.2, 0.25) is 0 Å². The fraction of sp³-hybridized carbons (Fsp3) is 0.235. The molecule has 0 aromatic heterocycles. The highest BCUT2D eigenvalue weighted by Gasteiger charge is 2.17. The molecule has 0 fully saturated rings. The molecule has 5 nitrogen and oxygen atoms in total. The summed E-state index contributed by atoms with van der Waals surface area (Å²) in [6, 6.07) is 12.0. The second-order valence-electron chi connectivity index (χ2n) is 5.27. The number of hydrogen-bond donors (Lipinski definition) is 0. The van der Waals surface area contributed by atoms with Crippen molar-refractivity contribution in [2.75, 3.05) is 12.8 Å². The summed E-state index contributed by atoms with van der Waals surface area (Å²) in [7, 11) is 1.70. The number of benzene rings is 2. The molecule has 24 heavy (non-hydrogen) atoms. The molecule has 7 heteroatoms. The molecule has 2 aromatic carbocycles. The summed E-state index contributed by atoms with van der Waals surface area (Å²) >= 11 is 1.32. The Morgan fingerprint density at radius 3 is 2.33 bits per heavy atom. The molecule has 0 heterocycles. The van der Waals surface area contributed by atoms with Crippen LogP contribution in [-0.2, 0) is 4.79 Å². The molecule has 0 spiro atoms. The number of nitrogens with zero attached hydrogens (tertiary/aromatic N) is 2. The van der Waals surface area contributed by atoms with E-state index in [0.29, 0.717) is 0 Å². The van der Waals surface area contributed by atoms with E-state index in [0.717, 1.165) is 10.5 Å². The number of rotatable bonds is 6. The first kappa shape index (κ1) is 17.9. The van der Waals surface area contributed by atoms with Crippen LogP contribution in [0.25, 0.3) is 0 Å². The minimum Gasteiger partial charge on any atom is -0.338 e. The number of carbonyl (C=O) groups excluding carboxylic acids is 1. The lowest BCUT2D eigenvalue weighted by molar-refractivity contribution is -0.384. The summed E-state index contributed by atoms with van der Waals surface area (Å²) in [5.74, 6) is -0.163. The number of nitro groups is 1. The van der Waals surface area contributed by atoms with Crippen molar-refractivity contribution in [1.82, 2.24) is 4.90 Å². The van der Waals surface area contributed by atoms with Gasteiger partial charge in [0.2, 0.25) is 5.91 Å². The van der Waals surface area contributed by atoms with Gasteiger partial charge in [0, 0.05) is 24.1 Å². The fourth-order valence-corrected chi connectivity index (χ4v) is 2.91. The van der Waals surface area contributed by atoms with Crippen LogP contribution < -0.4 is 0 Å².